The Kier molecular flexibility index (Phi) is 6.70. The van der Waals surface area contributed by atoms with Crippen molar-refractivity contribution in [1.82, 2.24) is 25.7 Å². The van der Waals surface area contributed by atoms with Crippen LogP contribution in [0.15, 0.2) is 65.2 Å². The number of amides is 3. The second kappa shape index (κ2) is 10.5. The number of aliphatic hydroxyl groups excluding tert-OH is 1. The molecule has 3 aromatic heterocycles. The molecule has 12 heteroatoms. The lowest BCUT2D eigenvalue weighted by molar-refractivity contribution is -0.0284. The van der Waals surface area contributed by atoms with Gasteiger partial charge in [0.05, 0.1) is 32.5 Å². The van der Waals surface area contributed by atoms with Crippen LogP contribution >= 0.6 is 0 Å². The maximum Gasteiger partial charge on any atom is 0.339 e. The van der Waals surface area contributed by atoms with E-state index in [0.29, 0.717) is 53.6 Å². The molecular weight excluding hydrogens is 516 g/mol. The minimum Gasteiger partial charge on any atom is -0.497 e. The van der Waals surface area contributed by atoms with E-state index in [-0.39, 0.29) is 25.7 Å². The van der Waals surface area contributed by atoms with Gasteiger partial charge in [-0.05, 0) is 42.0 Å². The lowest BCUT2D eigenvalue weighted by atomic mass is 9.95. The normalized spacial score (nSPS) is 18.4. The summed E-state index contributed by atoms with van der Waals surface area (Å²) in [5.41, 5.74) is 4.48. The first-order valence-corrected chi connectivity index (χ1v) is 12.8. The van der Waals surface area contributed by atoms with E-state index in [2.05, 4.69) is 15.8 Å². The van der Waals surface area contributed by atoms with Crippen LogP contribution in [0.25, 0.3) is 11.1 Å². The summed E-state index contributed by atoms with van der Waals surface area (Å²) < 4.78 is 11.5. The molecule has 0 aliphatic carbocycles. The zero-order valence-electron chi connectivity index (χ0n) is 21.8. The highest BCUT2D eigenvalue weighted by Gasteiger charge is 2.45. The van der Waals surface area contributed by atoms with Gasteiger partial charge in [0.2, 0.25) is 0 Å². The van der Waals surface area contributed by atoms with Crippen molar-refractivity contribution in [2.45, 2.75) is 18.6 Å². The maximum absolute atomic E-state index is 13.3. The van der Waals surface area contributed by atoms with E-state index in [4.69, 9.17) is 19.0 Å². The number of hydrogen-bond acceptors (Lipinski definition) is 9. The van der Waals surface area contributed by atoms with Crippen molar-refractivity contribution < 1.29 is 28.7 Å². The second-order valence-corrected chi connectivity index (χ2v) is 9.74. The SMILES string of the molecule is COc1ccc2c(c1)C(=O)N(C[C@]1(c3cc4nc(N(CCO)Cc5ccccn5)ccc4o3)CONC(=O)N1)C2. The van der Waals surface area contributed by atoms with E-state index in [0.717, 1.165) is 11.3 Å². The molecule has 0 unspecified atom stereocenters. The average Bonchev–Trinajstić information content (AvgIpc) is 3.54. The molecule has 2 aliphatic rings. The van der Waals surface area contributed by atoms with E-state index < -0.39 is 11.6 Å². The number of carbonyl (C=O) groups is 2. The van der Waals surface area contributed by atoms with E-state index in [1.165, 1.54) is 0 Å². The van der Waals surface area contributed by atoms with Crippen molar-refractivity contribution in [2.24, 2.45) is 0 Å². The van der Waals surface area contributed by atoms with Gasteiger partial charge in [-0.25, -0.2) is 15.3 Å². The molecule has 5 heterocycles. The van der Waals surface area contributed by atoms with Crippen molar-refractivity contribution in [1.29, 1.82) is 0 Å². The Hall–Kier alpha value is -4.68. The molecule has 1 saturated heterocycles. The molecule has 4 aromatic rings. The third kappa shape index (κ3) is 4.78. The molecular formula is C28H28N6O6. The number of aromatic nitrogens is 2. The number of carbonyl (C=O) groups excluding carboxylic acids is 2. The first-order chi connectivity index (χ1) is 19.5. The van der Waals surface area contributed by atoms with Gasteiger partial charge in [0.15, 0.2) is 5.58 Å². The number of aliphatic hydroxyl groups is 1. The van der Waals surface area contributed by atoms with Crippen LogP contribution in [0.4, 0.5) is 10.6 Å². The fourth-order valence-electron chi connectivity index (χ4n) is 5.13. The average molecular weight is 545 g/mol. The Morgan fingerprint density at radius 3 is 2.85 bits per heavy atom. The van der Waals surface area contributed by atoms with Gasteiger partial charge in [0.25, 0.3) is 5.91 Å². The molecule has 0 radical (unpaired) electrons. The highest BCUT2D eigenvalue weighted by atomic mass is 16.7. The molecule has 3 N–H and O–H groups in total. The van der Waals surface area contributed by atoms with E-state index >= 15 is 0 Å². The summed E-state index contributed by atoms with van der Waals surface area (Å²) in [4.78, 5) is 43.9. The minimum absolute atomic E-state index is 0.0190. The number of ether oxygens (including phenoxy) is 1. The predicted octanol–water partition coefficient (Wildman–Crippen LogP) is 2.33. The number of hydrogen-bond donors (Lipinski definition) is 3. The summed E-state index contributed by atoms with van der Waals surface area (Å²) in [6.07, 6.45) is 1.72. The summed E-state index contributed by atoms with van der Waals surface area (Å²) in [5, 5.41) is 12.6. The van der Waals surface area contributed by atoms with Crippen molar-refractivity contribution in [2.75, 3.05) is 38.3 Å². The highest BCUT2D eigenvalue weighted by Crippen LogP contribution is 2.34. The van der Waals surface area contributed by atoms with Crippen LogP contribution in [-0.4, -0.2) is 65.3 Å². The maximum atomic E-state index is 13.3. The quantitative estimate of drug-likeness (QED) is 0.289. The Bertz CT molecular complexity index is 1560. The molecule has 6 rings (SSSR count). The first kappa shape index (κ1) is 25.6. The zero-order valence-corrected chi connectivity index (χ0v) is 21.8. The van der Waals surface area contributed by atoms with Crippen molar-refractivity contribution in [3.05, 3.63) is 83.4 Å². The van der Waals surface area contributed by atoms with Crippen LogP contribution < -0.4 is 20.4 Å². The molecule has 0 bridgehead atoms. The number of fused-ring (bicyclic) bond motifs is 2. The molecule has 0 saturated carbocycles. The van der Waals surface area contributed by atoms with E-state index in [9.17, 15) is 14.7 Å². The fraction of sp³-hybridized carbons (Fsp3) is 0.286. The highest BCUT2D eigenvalue weighted by molar-refractivity contribution is 5.99. The largest absolute Gasteiger partial charge is 0.497 e. The molecule has 12 nitrogen and oxygen atoms in total. The third-order valence-electron chi connectivity index (χ3n) is 7.10. The summed E-state index contributed by atoms with van der Waals surface area (Å²) in [6, 6.07) is 15.9. The minimum atomic E-state index is -1.16. The molecule has 1 fully saturated rings. The number of nitrogens with zero attached hydrogens (tertiary/aromatic N) is 4. The number of rotatable bonds is 9. The van der Waals surface area contributed by atoms with Crippen LogP contribution in [0.5, 0.6) is 5.75 Å². The third-order valence-corrected chi connectivity index (χ3v) is 7.10. The number of pyridine rings is 2. The van der Waals surface area contributed by atoms with Gasteiger partial charge in [-0.2, -0.15) is 0 Å². The van der Waals surface area contributed by atoms with Gasteiger partial charge in [0, 0.05) is 30.9 Å². The van der Waals surface area contributed by atoms with Crippen molar-refractivity contribution in [3.8, 4) is 5.75 Å². The second-order valence-electron chi connectivity index (χ2n) is 9.74. The molecule has 1 aromatic carbocycles. The smallest absolute Gasteiger partial charge is 0.339 e. The lowest BCUT2D eigenvalue weighted by Crippen LogP contribution is -2.62. The van der Waals surface area contributed by atoms with Crippen molar-refractivity contribution >= 4 is 28.9 Å². The Morgan fingerprint density at radius 2 is 2.08 bits per heavy atom. The van der Waals surface area contributed by atoms with Crippen LogP contribution in [-0.2, 0) is 23.5 Å². The van der Waals surface area contributed by atoms with E-state index in [1.54, 1.807) is 36.4 Å². The standard InChI is InChI=1S/C28H28N6O6/c1-38-20-6-5-18-14-34(26(36)21(18)12-20)16-28(17-39-32-27(37)31-28)24-13-22-23(40-24)7-8-25(30-22)33(10-11-35)15-19-4-2-3-9-29-19/h2-9,12-13,35H,10-11,14-17H2,1H3,(H2,31,32,37)/t28-/m1/s1. The van der Waals surface area contributed by atoms with Gasteiger partial charge in [-0.3, -0.25) is 14.6 Å². The summed E-state index contributed by atoms with van der Waals surface area (Å²) in [7, 11) is 1.55. The predicted molar refractivity (Wildman–Crippen MR) is 143 cm³/mol. The topological polar surface area (TPSA) is 142 Å². The molecule has 0 spiro atoms. The van der Waals surface area contributed by atoms with Crippen LogP contribution in [0, 0.1) is 0 Å². The van der Waals surface area contributed by atoms with Crippen LogP contribution in [0.2, 0.25) is 0 Å². The van der Waals surface area contributed by atoms with Gasteiger partial charge in [-0.15, -0.1) is 0 Å². The Morgan fingerprint density at radius 1 is 1.18 bits per heavy atom. The van der Waals surface area contributed by atoms with Gasteiger partial charge in [-0.1, -0.05) is 12.1 Å². The molecule has 3 amide bonds. The lowest BCUT2D eigenvalue weighted by Gasteiger charge is -2.38. The molecule has 206 valence electrons. The number of urea groups is 1. The van der Waals surface area contributed by atoms with Gasteiger partial charge < -0.3 is 29.4 Å². The molecule has 2 aliphatic heterocycles. The monoisotopic (exact) mass is 544 g/mol. The van der Waals surface area contributed by atoms with Crippen LogP contribution in [0.1, 0.15) is 27.4 Å². The van der Waals surface area contributed by atoms with Crippen LogP contribution in [0.3, 0.4) is 0 Å². The number of furan rings is 1. The van der Waals surface area contributed by atoms with E-state index in [1.807, 2.05) is 41.3 Å². The fourth-order valence-corrected chi connectivity index (χ4v) is 5.13. The summed E-state index contributed by atoms with van der Waals surface area (Å²) in [6.45, 7) is 1.27. The summed E-state index contributed by atoms with van der Waals surface area (Å²) in [5.74, 6) is 1.46. The molecule has 40 heavy (non-hydrogen) atoms. The number of methoxy groups -OCH3 is 1. The number of hydroxylamine groups is 1. The first-order valence-electron chi connectivity index (χ1n) is 12.8. The Balaban J connectivity index is 1.31. The summed E-state index contributed by atoms with van der Waals surface area (Å²) >= 11 is 0. The van der Waals surface area contributed by atoms with Crippen molar-refractivity contribution in [3.63, 3.8) is 0 Å². The number of benzene rings is 1. The van der Waals surface area contributed by atoms with Gasteiger partial charge in [0.1, 0.15) is 35.0 Å². The van der Waals surface area contributed by atoms with Gasteiger partial charge >= 0.3 is 6.03 Å². The number of anilines is 1. The molecule has 1 atom stereocenters. The number of nitrogens with one attached hydrogen (secondary N) is 2. The Labute approximate surface area is 229 Å². The zero-order chi connectivity index (χ0) is 27.7.